The van der Waals surface area contributed by atoms with Crippen LogP contribution in [0.15, 0.2) is 24.5 Å². The molecule has 0 radical (unpaired) electrons. The average Bonchev–Trinajstić information content (AvgIpc) is 2.74. The van der Waals surface area contributed by atoms with Crippen LogP contribution in [-0.2, 0) is 13.6 Å². The summed E-state index contributed by atoms with van der Waals surface area (Å²) in [6.45, 7) is 2.38. The van der Waals surface area contributed by atoms with E-state index in [9.17, 15) is 4.79 Å². The summed E-state index contributed by atoms with van der Waals surface area (Å²) in [4.78, 5) is 16.2. The van der Waals surface area contributed by atoms with Gasteiger partial charge in [-0.05, 0) is 19.1 Å². The van der Waals surface area contributed by atoms with Gasteiger partial charge in [0, 0.05) is 38.6 Å². The third-order valence-electron chi connectivity index (χ3n) is 2.84. The van der Waals surface area contributed by atoms with E-state index >= 15 is 0 Å². The first-order valence-corrected chi connectivity index (χ1v) is 6.02. The van der Waals surface area contributed by atoms with Crippen LogP contribution in [-0.4, -0.2) is 27.7 Å². The number of aryl methyl sites for hydroxylation is 2. The number of carbonyl (C=O) groups is 1. The molecular weight excluding hydrogens is 242 g/mol. The molecule has 2 heterocycles. The van der Waals surface area contributed by atoms with Gasteiger partial charge in [-0.15, -0.1) is 0 Å². The van der Waals surface area contributed by atoms with E-state index in [-0.39, 0.29) is 5.91 Å². The zero-order chi connectivity index (χ0) is 13.8. The molecule has 0 fully saturated rings. The molecular formula is C13H17N5O. The molecule has 100 valence electrons. The average molecular weight is 259 g/mol. The highest BCUT2D eigenvalue weighted by Crippen LogP contribution is 2.11. The number of rotatable bonds is 4. The SMILES string of the molecule is CNc1ncccc1C(=O)NCc1cn(C)nc1C. The van der Waals surface area contributed by atoms with Crippen LogP contribution >= 0.6 is 0 Å². The lowest BCUT2D eigenvalue weighted by Crippen LogP contribution is -2.24. The second-order valence-corrected chi connectivity index (χ2v) is 4.25. The Labute approximate surface area is 111 Å². The summed E-state index contributed by atoms with van der Waals surface area (Å²) in [6.07, 6.45) is 3.55. The summed E-state index contributed by atoms with van der Waals surface area (Å²) in [7, 11) is 3.60. The van der Waals surface area contributed by atoms with Gasteiger partial charge in [0.1, 0.15) is 5.82 Å². The van der Waals surface area contributed by atoms with Gasteiger partial charge in [-0.1, -0.05) is 0 Å². The van der Waals surface area contributed by atoms with Crippen molar-refractivity contribution in [3.63, 3.8) is 0 Å². The van der Waals surface area contributed by atoms with Crippen LogP contribution < -0.4 is 10.6 Å². The minimum absolute atomic E-state index is 0.152. The zero-order valence-corrected chi connectivity index (χ0v) is 11.3. The van der Waals surface area contributed by atoms with Gasteiger partial charge in [-0.3, -0.25) is 9.48 Å². The van der Waals surface area contributed by atoms with Crippen molar-refractivity contribution in [1.82, 2.24) is 20.1 Å². The minimum atomic E-state index is -0.152. The number of hydrogen-bond donors (Lipinski definition) is 2. The molecule has 1 amide bonds. The highest BCUT2D eigenvalue weighted by molar-refractivity contribution is 5.98. The topological polar surface area (TPSA) is 71.8 Å². The largest absolute Gasteiger partial charge is 0.372 e. The first kappa shape index (κ1) is 13.1. The van der Waals surface area contributed by atoms with E-state index in [0.29, 0.717) is 17.9 Å². The summed E-state index contributed by atoms with van der Waals surface area (Å²) < 4.78 is 1.74. The lowest BCUT2D eigenvalue weighted by atomic mass is 10.2. The van der Waals surface area contributed by atoms with Gasteiger partial charge >= 0.3 is 0 Å². The number of nitrogens with one attached hydrogen (secondary N) is 2. The van der Waals surface area contributed by atoms with Crippen molar-refractivity contribution in [1.29, 1.82) is 0 Å². The molecule has 0 bridgehead atoms. The van der Waals surface area contributed by atoms with Crippen molar-refractivity contribution in [2.75, 3.05) is 12.4 Å². The molecule has 2 aromatic heterocycles. The molecule has 0 aromatic carbocycles. The Kier molecular flexibility index (Phi) is 3.79. The van der Waals surface area contributed by atoms with Crippen LogP contribution in [0.1, 0.15) is 21.6 Å². The van der Waals surface area contributed by atoms with Crippen molar-refractivity contribution in [3.8, 4) is 0 Å². The molecule has 2 N–H and O–H groups in total. The van der Waals surface area contributed by atoms with E-state index in [2.05, 4.69) is 20.7 Å². The van der Waals surface area contributed by atoms with E-state index in [1.807, 2.05) is 20.2 Å². The Morgan fingerprint density at radius 2 is 2.26 bits per heavy atom. The number of nitrogens with zero attached hydrogens (tertiary/aromatic N) is 3. The van der Waals surface area contributed by atoms with Crippen LogP contribution in [0.3, 0.4) is 0 Å². The Bertz CT molecular complexity index is 590. The Morgan fingerprint density at radius 3 is 2.89 bits per heavy atom. The first-order valence-electron chi connectivity index (χ1n) is 6.02. The van der Waals surface area contributed by atoms with Gasteiger partial charge in [0.2, 0.25) is 0 Å². The van der Waals surface area contributed by atoms with Crippen LogP contribution in [0.4, 0.5) is 5.82 Å². The van der Waals surface area contributed by atoms with Crippen LogP contribution in [0, 0.1) is 6.92 Å². The summed E-state index contributed by atoms with van der Waals surface area (Å²) in [5, 5.41) is 10.0. The molecule has 0 aliphatic rings. The number of pyridine rings is 1. The van der Waals surface area contributed by atoms with Crippen molar-refractivity contribution in [3.05, 3.63) is 41.3 Å². The van der Waals surface area contributed by atoms with E-state index in [1.165, 1.54) is 0 Å². The molecule has 0 saturated heterocycles. The highest BCUT2D eigenvalue weighted by Gasteiger charge is 2.11. The van der Waals surface area contributed by atoms with E-state index in [1.54, 1.807) is 30.1 Å². The van der Waals surface area contributed by atoms with E-state index < -0.39 is 0 Å². The molecule has 0 atom stereocenters. The maximum absolute atomic E-state index is 12.1. The molecule has 0 unspecified atom stereocenters. The summed E-state index contributed by atoms with van der Waals surface area (Å²) in [5.74, 6) is 0.420. The summed E-state index contributed by atoms with van der Waals surface area (Å²) in [6, 6.07) is 3.48. The third kappa shape index (κ3) is 2.90. The van der Waals surface area contributed by atoms with Gasteiger partial charge in [-0.25, -0.2) is 4.98 Å². The molecule has 2 rings (SSSR count). The fraction of sp³-hybridized carbons (Fsp3) is 0.308. The monoisotopic (exact) mass is 259 g/mol. The van der Waals surface area contributed by atoms with Gasteiger partial charge in [-0.2, -0.15) is 5.10 Å². The molecule has 0 aliphatic carbocycles. The minimum Gasteiger partial charge on any atom is -0.372 e. The number of hydrogen-bond acceptors (Lipinski definition) is 4. The number of aromatic nitrogens is 3. The van der Waals surface area contributed by atoms with Gasteiger partial charge < -0.3 is 10.6 Å². The van der Waals surface area contributed by atoms with E-state index in [4.69, 9.17) is 0 Å². The Morgan fingerprint density at radius 1 is 1.47 bits per heavy atom. The number of amides is 1. The van der Waals surface area contributed by atoms with Crippen LogP contribution in [0.5, 0.6) is 0 Å². The quantitative estimate of drug-likeness (QED) is 0.862. The maximum atomic E-state index is 12.1. The van der Waals surface area contributed by atoms with Crippen molar-refractivity contribution >= 4 is 11.7 Å². The van der Waals surface area contributed by atoms with Crippen LogP contribution in [0.25, 0.3) is 0 Å². The number of anilines is 1. The maximum Gasteiger partial charge on any atom is 0.255 e. The van der Waals surface area contributed by atoms with Crippen LogP contribution in [0.2, 0.25) is 0 Å². The highest BCUT2D eigenvalue weighted by atomic mass is 16.1. The fourth-order valence-corrected chi connectivity index (χ4v) is 1.88. The normalized spacial score (nSPS) is 10.3. The van der Waals surface area contributed by atoms with Crippen molar-refractivity contribution in [2.24, 2.45) is 7.05 Å². The predicted octanol–water partition coefficient (Wildman–Crippen LogP) is 1.10. The standard InChI is InChI=1S/C13H17N5O/c1-9-10(8-18(3)17-9)7-16-13(19)11-5-4-6-15-12(11)14-2/h4-6,8H,7H2,1-3H3,(H,14,15)(H,16,19). The zero-order valence-electron chi connectivity index (χ0n) is 11.3. The predicted molar refractivity (Wildman–Crippen MR) is 72.9 cm³/mol. The molecule has 2 aromatic rings. The first-order chi connectivity index (χ1) is 9.11. The molecule has 6 nitrogen and oxygen atoms in total. The van der Waals surface area contributed by atoms with Gasteiger partial charge in [0.05, 0.1) is 11.3 Å². The molecule has 6 heteroatoms. The molecule has 0 saturated carbocycles. The van der Waals surface area contributed by atoms with Crippen molar-refractivity contribution < 1.29 is 4.79 Å². The molecule has 19 heavy (non-hydrogen) atoms. The number of carbonyl (C=O) groups excluding carboxylic acids is 1. The molecule has 0 aliphatic heterocycles. The fourth-order valence-electron chi connectivity index (χ4n) is 1.88. The van der Waals surface area contributed by atoms with E-state index in [0.717, 1.165) is 11.3 Å². The third-order valence-corrected chi connectivity index (χ3v) is 2.84. The Balaban J connectivity index is 2.07. The second kappa shape index (κ2) is 5.51. The Hall–Kier alpha value is -2.37. The van der Waals surface area contributed by atoms with Gasteiger partial charge in [0.25, 0.3) is 5.91 Å². The second-order valence-electron chi connectivity index (χ2n) is 4.25. The summed E-state index contributed by atoms with van der Waals surface area (Å²) >= 11 is 0. The summed E-state index contributed by atoms with van der Waals surface area (Å²) in [5.41, 5.74) is 2.46. The smallest absolute Gasteiger partial charge is 0.255 e. The lowest BCUT2D eigenvalue weighted by Gasteiger charge is -2.08. The van der Waals surface area contributed by atoms with Gasteiger partial charge in [0.15, 0.2) is 0 Å². The molecule has 0 spiro atoms. The lowest BCUT2D eigenvalue weighted by molar-refractivity contribution is 0.0951. The van der Waals surface area contributed by atoms with Crippen molar-refractivity contribution in [2.45, 2.75) is 13.5 Å².